The molecule has 128 valence electrons. The Morgan fingerprint density at radius 2 is 1.67 bits per heavy atom. The van der Waals surface area contributed by atoms with Gasteiger partial charge in [-0.3, -0.25) is 4.79 Å². The molecule has 0 heterocycles. The molecule has 2 rings (SSSR count). The zero-order valence-electron chi connectivity index (χ0n) is 13.4. The highest BCUT2D eigenvalue weighted by molar-refractivity contribution is 5.91. The second-order valence-corrected chi connectivity index (χ2v) is 5.57. The summed E-state index contributed by atoms with van der Waals surface area (Å²) in [5.74, 6) is -0.220. The predicted octanol–water partition coefficient (Wildman–Crippen LogP) is 2.75. The molecule has 0 fully saturated rings. The highest BCUT2D eigenvalue weighted by atomic mass is 19.4. The summed E-state index contributed by atoms with van der Waals surface area (Å²) in [6.45, 7) is 3.74. The Morgan fingerprint density at radius 3 is 2.21 bits per heavy atom. The summed E-state index contributed by atoms with van der Waals surface area (Å²) in [4.78, 5) is 13.2. The van der Waals surface area contributed by atoms with Crippen molar-refractivity contribution in [2.45, 2.75) is 19.6 Å². The number of quaternary nitrogens is 1. The standard InChI is InChI=1S/C18H19F3N2O/c1-2-23(12-14-6-4-3-5-7-14)13-17(24)22-16-10-8-15(9-11-16)18(19,20)21/h3-11H,2,12-13H2,1H3,(H,22,24)/p+1. The first-order valence-electron chi connectivity index (χ1n) is 7.73. The van der Waals surface area contributed by atoms with Gasteiger partial charge in [-0.25, -0.2) is 0 Å². The van der Waals surface area contributed by atoms with Crippen LogP contribution in [-0.2, 0) is 17.5 Å². The fraction of sp³-hybridized carbons (Fsp3) is 0.278. The summed E-state index contributed by atoms with van der Waals surface area (Å²) >= 11 is 0. The van der Waals surface area contributed by atoms with Gasteiger partial charge in [0.05, 0.1) is 12.1 Å². The first-order chi connectivity index (χ1) is 11.4. The van der Waals surface area contributed by atoms with Gasteiger partial charge in [0.15, 0.2) is 6.54 Å². The van der Waals surface area contributed by atoms with Crippen molar-refractivity contribution in [3.63, 3.8) is 0 Å². The first-order valence-corrected chi connectivity index (χ1v) is 7.73. The molecule has 2 aromatic carbocycles. The number of benzene rings is 2. The average molecular weight is 337 g/mol. The van der Waals surface area contributed by atoms with Crippen LogP contribution < -0.4 is 10.2 Å². The van der Waals surface area contributed by atoms with Gasteiger partial charge in [0.2, 0.25) is 0 Å². The molecule has 2 aromatic rings. The maximum absolute atomic E-state index is 12.5. The summed E-state index contributed by atoms with van der Waals surface area (Å²) in [5.41, 5.74) is 0.769. The Kier molecular flexibility index (Phi) is 5.98. The van der Waals surface area contributed by atoms with Gasteiger partial charge in [0.25, 0.3) is 5.91 Å². The molecular formula is C18H20F3N2O+. The molecule has 0 radical (unpaired) electrons. The third-order valence-electron chi connectivity index (χ3n) is 3.70. The van der Waals surface area contributed by atoms with E-state index in [9.17, 15) is 18.0 Å². The number of anilines is 1. The van der Waals surface area contributed by atoms with E-state index in [1.54, 1.807) is 0 Å². The average Bonchev–Trinajstić information content (AvgIpc) is 2.54. The number of likely N-dealkylation sites (N-methyl/N-ethyl adjacent to an activating group) is 1. The van der Waals surface area contributed by atoms with Crippen LogP contribution in [0.15, 0.2) is 54.6 Å². The van der Waals surface area contributed by atoms with Gasteiger partial charge in [-0.1, -0.05) is 30.3 Å². The van der Waals surface area contributed by atoms with E-state index in [1.165, 1.54) is 12.1 Å². The van der Waals surface area contributed by atoms with Crippen LogP contribution in [-0.4, -0.2) is 19.0 Å². The van der Waals surface area contributed by atoms with Gasteiger partial charge in [-0.15, -0.1) is 0 Å². The number of carbonyl (C=O) groups is 1. The van der Waals surface area contributed by atoms with Crippen molar-refractivity contribution in [3.05, 3.63) is 65.7 Å². The molecule has 0 aliphatic carbocycles. The molecule has 1 atom stereocenters. The van der Waals surface area contributed by atoms with Crippen molar-refractivity contribution in [3.8, 4) is 0 Å². The quantitative estimate of drug-likeness (QED) is 0.835. The zero-order valence-corrected chi connectivity index (χ0v) is 13.4. The van der Waals surface area contributed by atoms with Crippen LogP contribution in [0.25, 0.3) is 0 Å². The molecule has 0 aromatic heterocycles. The van der Waals surface area contributed by atoms with Crippen molar-refractivity contribution >= 4 is 11.6 Å². The Bertz CT molecular complexity index is 654. The summed E-state index contributed by atoms with van der Waals surface area (Å²) in [6, 6.07) is 14.3. The highest BCUT2D eigenvalue weighted by Gasteiger charge is 2.30. The van der Waals surface area contributed by atoms with E-state index in [0.717, 1.165) is 35.7 Å². The highest BCUT2D eigenvalue weighted by Crippen LogP contribution is 2.29. The van der Waals surface area contributed by atoms with Gasteiger partial charge in [0, 0.05) is 11.3 Å². The van der Waals surface area contributed by atoms with Crippen molar-refractivity contribution in [2.24, 2.45) is 0 Å². The molecule has 0 saturated heterocycles. The number of hydrogen-bond donors (Lipinski definition) is 2. The summed E-state index contributed by atoms with van der Waals surface area (Å²) in [7, 11) is 0. The van der Waals surface area contributed by atoms with E-state index < -0.39 is 11.7 Å². The Morgan fingerprint density at radius 1 is 1.04 bits per heavy atom. The molecule has 0 aliphatic rings. The van der Waals surface area contributed by atoms with Crippen molar-refractivity contribution in [1.82, 2.24) is 0 Å². The first kappa shape index (κ1) is 18.0. The van der Waals surface area contributed by atoms with Crippen LogP contribution in [0.4, 0.5) is 18.9 Å². The van der Waals surface area contributed by atoms with Gasteiger partial charge in [-0.05, 0) is 31.2 Å². The number of carbonyl (C=O) groups excluding carboxylic acids is 1. The molecule has 0 spiro atoms. The summed E-state index contributed by atoms with van der Waals surface area (Å²) < 4.78 is 37.5. The minimum atomic E-state index is -4.37. The lowest BCUT2D eigenvalue weighted by Gasteiger charge is -2.17. The van der Waals surface area contributed by atoms with Crippen LogP contribution in [0.2, 0.25) is 0 Å². The monoisotopic (exact) mass is 337 g/mol. The molecule has 2 N–H and O–H groups in total. The van der Waals surface area contributed by atoms with Crippen LogP contribution in [0.5, 0.6) is 0 Å². The van der Waals surface area contributed by atoms with Gasteiger partial charge in [0.1, 0.15) is 6.54 Å². The molecule has 1 amide bonds. The van der Waals surface area contributed by atoms with E-state index in [-0.39, 0.29) is 12.5 Å². The van der Waals surface area contributed by atoms with Crippen LogP contribution in [0.1, 0.15) is 18.1 Å². The Balaban J connectivity index is 1.91. The van der Waals surface area contributed by atoms with E-state index in [1.807, 2.05) is 37.3 Å². The lowest BCUT2D eigenvalue weighted by atomic mass is 10.2. The minimum absolute atomic E-state index is 0.220. The largest absolute Gasteiger partial charge is 0.416 e. The Hall–Kier alpha value is -2.34. The fourth-order valence-electron chi connectivity index (χ4n) is 2.37. The lowest BCUT2D eigenvalue weighted by molar-refractivity contribution is -0.903. The smallest absolute Gasteiger partial charge is 0.324 e. The molecular weight excluding hydrogens is 317 g/mol. The maximum Gasteiger partial charge on any atom is 0.416 e. The van der Waals surface area contributed by atoms with Crippen molar-refractivity contribution in [2.75, 3.05) is 18.4 Å². The number of halogens is 3. The minimum Gasteiger partial charge on any atom is -0.324 e. The van der Waals surface area contributed by atoms with Crippen molar-refractivity contribution < 1.29 is 22.9 Å². The lowest BCUT2D eigenvalue weighted by Crippen LogP contribution is -3.11. The number of amides is 1. The van der Waals surface area contributed by atoms with E-state index in [4.69, 9.17) is 0 Å². The molecule has 3 nitrogen and oxygen atoms in total. The molecule has 1 unspecified atom stereocenters. The second kappa shape index (κ2) is 7.97. The third-order valence-corrected chi connectivity index (χ3v) is 3.70. The van der Waals surface area contributed by atoms with Crippen LogP contribution >= 0.6 is 0 Å². The van der Waals surface area contributed by atoms with E-state index in [2.05, 4.69) is 5.32 Å². The van der Waals surface area contributed by atoms with Crippen molar-refractivity contribution in [1.29, 1.82) is 0 Å². The van der Waals surface area contributed by atoms with Crippen LogP contribution in [0, 0.1) is 0 Å². The Labute approximate surface area is 139 Å². The zero-order chi connectivity index (χ0) is 17.6. The van der Waals surface area contributed by atoms with Crippen LogP contribution in [0.3, 0.4) is 0 Å². The van der Waals surface area contributed by atoms with E-state index >= 15 is 0 Å². The topological polar surface area (TPSA) is 33.5 Å². The molecule has 0 aliphatic heterocycles. The second-order valence-electron chi connectivity index (χ2n) is 5.57. The third kappa shape index (κ3) is 5.38. The van der Waals surface area contributed by atoms with Gasteiger partial charge in [-0.2, -0.15) is 13.2 Å². The van der Waals surface area contributed by atoms with Gasteiger partial charge >= 0.3 is 6.18 Å². The molecule has 0 saturated carbocycles. The molecule has 24 heavy (non-hydrogen) atoms. The summed E-state index contributed by atoms with van der Waals surface area (Å²) in [5, 5.41) is 2.64. The van der Waals surface area contributed by atoms with Gasteiger partial charge < -0.3 is 10.2 Å². The SMILES string of the molecule is CC[NH+](CC(=O)Nc1ccc(C(F)(F)F)cc1)Cc1ccccc1. The van der Waals surface area contributed by atoms with E-state index in [0.29, 0.717) is 5.69 Å². The number of alkyl halides is 3. The number of rotatable bonds is 6. The molecule has 0 bridgehead atoms. The molecule has 6 heteroatoms. The number of nitrogens with one attached hydrogen (secondary N) is 2. The maximum atomic E-state index is 12.5. The predicted molar refractivity (Wildman–Crippen MR) is 86.6 cm³/mol. The summed E-state index contributed by atoms with van der Waals surface area (Å²) in [6.07, 6.45) is -4.37. The number of hydrogen-bond acceptors (Lipinski definition) is 1. The fourth-order valence-corrected chi connectivity index (χ4v) is 2.37. The normalized spacial score (nSPS) is 12.7.